The van der Waals surface area contributed by atoms with Crippen molar-refractivity contribution in [2.75, 3.05) is 11.9 Å². The van der Waals surface area contributed by atoms with Crippen LogP contribution >= 0.6 is 23.2 Å². The summed E-state index contributed by atoms with van der Waals surface area (Å²) in [5.41, 5.74) is 0.364. The predicted molar refractivity (Wildman–Crippen MR) is 96.5 cm³/mol. The first kappa shape index (κ1) is 16.3. The molecular formula is C19H16Cl2N2O3. The molecule has 26 heavy (non-hydrogen) atoms. The van der Waals surface area contributed by atoms with Gasteiger partial charge in [0.15, 0.2) is 0 Å². The molecule has 1 aromatic rings. The monoisotopic (exact) mass is 390 g/mol. The maximum Gasteiger partial charge on any atom is 0.244 e. The second-order valence-electron chi connectivity index (χ2n) is 7.57. The molecule has 6 rings (SSSR count). The van der Waals surface area contributed by atoms with E-state index in [0.29, 0.717) is 22.5 Å². The van der Waals surface area contributed by atoms with E-state index in [-0.39, 0.29) is 47.1 Å². The van der Waals surface area contributed by atoms with E-state index in [1.165, 1.54) is 0 Å². The van der Waals surface area contributed by atoms with Gasteiger partial charge in [0.1, 0.15) is 6.54 Å². The Bertz CT molecular complexity index is 848. The van der Waals surface area contributed by atoms with Crippen LogP contribution in [0.5, 0.6) is 0 Å². The molecule has 5 nitrogen and oxygen atoms in total. The van der Waals surface area contributed by atoms with Crippen molar-refractivity contribution in [1.82, 2.24) is 4.90 Å². The highest BCUT2D eigenvalue weighted by molar-refractivity contribution is 6.44. The number of likely N-dealkylation sites (tertiary alicyclic amines) is 1. The number of amides is 3. The molecule has 4 aliphatic carbocycles. The molecule has 2 bridgehead atoms. The van der Waals surface area contributed by atoms with E-state index in [0.717, 1.165) is 11.3 Å². The molecule has 1 N–H and O–H groups in total. The van der Waals surface area contributed by atoms with Crippen LogP contribution < -0.4 is 5.32 Å². The lowest BCUT2D eigenvalue weighted by atomic mass is 9.63. The molecule has 0 unspecified atom stereocenters. The largest absolute Gasteiger partial charge is 0.323 e. The molecular weight excluding hydrogens is 375 g/mol. The summed E-state index contributed by atoms with van der Waals surface area (Å²) in [5, 5.41) is 3.20. The molecule has 0 spiro atoms. The molecule has 1 aromatic carbocycles. The Hall–Kier alpha value is -1.85. The third-order valence-electron chi connectivity index (χ3n) is 6.28. The summed E-state index contributed by atoms with van der Waals surface area (Å²) in [6.45, 7) is -0.289. The van der Waals surface area contributed by atoms with E-state index in [9.17, 15) is 14.4 Å². The van der Waals surface area contributed by atoms with Crippen LogP contribution in [0.2, 0.25) is 10.0 Å². The van der Waals surface area contributed by atoms with Gasteiger partial charge in [0.25, 0.3) is 0 Å². The minimum atomic E-state index is -0.458. The summed E-state index contributed by atoms with van der Waals surface area (Å²) in [4.78, 5) is 39.2. The molecule has 0 aromatic heterocycles. The summed E-state index contributed by atoms with van der Waals surface area (Å²) in [6, 6.07) is 4.91. The first-order valence-corrected chi connectivity index (χ1v) is 9.50. The van der Waals surface area contributed by atoms with Crippen LogP contribution in [0.25, 0.3) is 0 Å². The van der Waals surface area contributed by atoms with Gasteiger partial charge in [-0.15, -0.1) is 0 Å². The molecule has 1 saturated heterocycles. The minimum absolute atomic E-state index is 0.155. The Balaban J connectivity index is 1.34. The van der Waals surface area contributed by atoms with Crippen molar-refractivity contribution in [3.05, 3.63) is 40.4 Å². The van der Waals surface area contributed by atoms with Gasteiger partial charge in [-0.3, -0.25) is 19.3 Å². The van der Waals surface area contributed by atoms with Gasteiger partial charge in [-0.25, -0.2) is 0 Å². The Kier molecular flexibility index (Phi) is 3.50. The predicted octanol–water partition coefficient (Wildman–Crippen LogP) is 2.99. The third kappa shape index (κ3) is 2.20. The number of imide groups is 1. The molecule has 0 radical (unpaired) electrons. The summed E-state index contributed by atoms with van der Waals surface area (Å²) in [6.07, 6.45) is 5.34. The van der Waals surface area contributed by atoms with E-state index in [4.69, 9.17) is 23.2 Å². The number of hydrogen-bond acceptors (Lipinski definition) is 3. The van der Waals surface area contributed by atoms with Crippen LogP contribution in [0.4, 0.5) is 5.69 Å². The van der Waals surface area contributed by atoms with Crippen LogP contribution in [0.1, 0.15) is 6.42 Å². The molecule has 3 fully saturated rings. The highest BCUT2D eigenvalue weighted by atomic mass is 35.5. The van der Waals surface area contributed by atoms with Crippen LogP contribution in [0.15, 0.2) is 30.4 Å². The number of halogens is 2. The van der Waals surface area contributed by atoms with Gasteiger partial charge in [0, 0.05) is 0 Å². The van der Waals surface area contributed by atoms with Crippen molar-refractivity contribution in [1.29, 1.82) is 0 Å². The van der Waals surface area contributed by atoms with Crippen molar-refractivity contribution < 1.29 is 14.4 Å². The number of allylic oxidation sites excluding steroid dienone is 2. The second kappa shape index (κ2) is 5.57. The van der Waals surface area contributed by atoms with Gasteiger partial charge in [-0.05, 0) is 42.2 Å². The number of nitrogens with zero attached hydrogens (tertiary/aromatic N) is 1. The quantitative estimate of drug-likeness (QED) is 0.637. The van der Waals surface area contributed by atoms with Crippen molar-refractivity contribution in [3.8, 4) is 0 Å². The standard InChI is InChI=1S/C19H16Cl2N2O3/c20-12-2-1-3-13(17(12)21)22-14(24)7-23-18(25)15-8-4-5-9(11-6-10(8)11)16(15)19(23)26/h1-5,8-11,15-16H,6-7H2,(H,22,24)/t8-,9-,10-,11-,15+,16+/m1/s1. The normalized spacial score (nSPS) is 36.2. The molecule has 6 atom stereocenters. The zero-order chi connectivity index (χ0) is 18.2. The lowest BCUT2D eigenvalue weighted by molar-refractivity contribution is -0.142. The fourth-order valence-electron chi connectivity index (χ4n) is 5.11. The average Bonchev–Trinajstić information content (AvgIpc) is 3.40. The van der Waals surface area contributed by atoms with Gasteiger partial charge in [0.05, 0.1) is 27.6 Å². The molecule has 7 heteroatoms. The number of anilines is 1. The topological polar surface area (TPSA) is 66.5 Å². The second-order valence-corrected chi connectivity index (χ2v) is 8.35. The highest BCUT2D eigenvalue weighted by Gasteiger charge is 2.67. The average molecular weight is 391 g/mol. The summed E-state index contributed by atoms with van der Waals surface area (Å²) in [5.74, 6) is -0.0606. The molecule has 1 heterocycles. The van der Waals surface area contributed by atoms with E-state index in [1.54, 1.807) is 18.2 Å². The van der Waals surface area contributed by atoms with Crippen molar-refractivity contribution in [2.45, 2.75) is 6.42 Å². The molecule has 2 saturated carbocycles. The Morgan fingerprint density at radius 1 is 1.08 bits per heavy atom. The van der Waals surface area contributed by atoms with Gasteiger partial charge in [-0.1, -0.05) is 41.4 Å². The van der Waals surface area contributed by atoms with E-state index < -0.39 is 5.91 Å². The summed E-state index contributed by atoms with van der Waals surface area (Å²) in [7, 11) is 0. The molecule has 134 valence electrons. The van der Waals surface area contributed by atoms with E-state index in [1.807, 2.05) is 0 Å². The fraction of sp³-hybridized carbons (Fsp3) is 0.421. The van der Waals surface area contributed by atoms with Crippen molar-refractivity contribution in [2.24, 2.45) is 35.5 Å². The molecule has 3 amide bonds. The zero-order valence-corrected chi connectivity index (χ0v) is 15.2. The Morgan fingerprint density at radius 2 is 1.69 bits per heavy atom. The van der Waals surface area contributed by atoms with Crippen LogP contribution in [0, 0.1) is 35.5 Å². The summed E-state index contributed by atoms with van der Waals surface area (Å²) >= 11 is 12.0. The third-order valence-corrected chi connectivity index (χ3v) is 7.10. The van der Waals surface area contributed by atoms with Crippen LogP contribution in [0.3, 0.4) is 0 Å². The van der Waals surface area contributed by atoms with Gasteiger partial charge in [0.2, 0.25) is 17.7 Å². The fourth-order valence-corrected chi connectivity index (χ4v) is 5.46. The van der Waals surface area contributed by atoms with Crippen LogP contribution in [-0.4, -0.2) is 29.2 Å². The van der Waals surface area contributed by atoms with Crippen molar-refractivity contribution in [3.63, 3.8) is 0 Å². The van der Waals surface area contributed by atoms with Gasteiger partial charge < -0.3 is 5.32 Å². The maximum absolute atomic E-state index is 12.9. The maximum atomic E-state index is 12.9. The van der Waals surface area contributed by atoms with Crippen molar-refractivity contribution >= 4 is 46.6 Å². The molecule has 5 aliphatic rings. The number of rotatable bonds is 3. The number of carbonyl (C=O) groups excluding carboxylic acids is 3. The van der Waals surface area contributed by atoms with E-state index >= 15 is 0 Å². The number of benzene rings is 1. The molecule has 1 aliphatic heterocycles. The Labute approximate surface area is 160 Å². The SMILES string of the molecule is O=C(CN1C(=O)[C@H]2[C@@H]3C=C[C@H]([C@H]4C[C@H]34)[C@@H]2C1=O)Nc1cccc(Cl)c1Cl. The first-order chi connectivity index (χ1) is 12.5. The lowest BCUT2D eigenvalue weighted by Crippen LogP contribution is -2.40. The van der Waals surface area contributed by atoms with Crippen LogP contribution in [-0.2, 0) is 14.4 Å². The highest BCUT2D eigenvalue weighted by Crippen LogP contribution is 2.65. The number of carbonyl (C=O) groups is 3. The van der Waals surface area contributed by atoms with E-state index in [2.05, 4.69) is 17.5 Å². The summed E-state index contributed by atoms with van der Waals surface area (Å²) < 4.78 is 0. The Morgan fingerprint density at radius 3 is 2.31 bits per heavy atom. The first-order valence-electron chi connectivity index (χ1n) is 8.75. The smallest absolute Gasteiger partial charge is 0.244 e. The van der Waals surface area contributed by atoms with Gasteiger partial charge >= 0.3 is 0 Å². The number of hydrogen-bond donors (Lipinski definition) is 1. The zero-order valence-electron chi connectivity index (χ0n) is 13.7. The van der Waals surface area contributed by atoms with Gasteiger partial charge in [-0.2, -0.15) is 0 Å². The minimum Gasteiger partial charge on any atom is -0.323 e. The lowest BCUT2D eigenvalue weighted by Gasteiger charge is -2.37. The number of nitrogens with one attached hydrogen (secondary N) is 1.